The summed E-state index contributed by atoms with van der Waals surface area (Å²) in [5, 5.41) is 0. The zero-order valence-corrected chi connectivity index (χ0v) is 6.29. The van der Waals surface area contributed by atoms with Crippen LogP contribution in [0, 0.1) is 6.42 Å². The molecule has 0 aromatic heterocycles. The third-order valence-electron chi connectivity index (χ3n) is 3.50. The second kappa shape index (κ2) is 1.76. The highest BCUT2D eigenvalue weighted by atomic mass is 15.3. The second-order valence-corrected chi connectivity index (χ2v) is 3.95. The predicted octanol–water partition coefficient (Wildman–Crippen LogP) is 1.59. The molecule has 4 fully saturated rings. The fraction of sp³-hybridized carbons (Fsp3) is 0.889. The number of hydrogen-bond acceptors (Lipinski definition) is 1. The third-order valence-corrected chi connectivity index (χ3v) is 3.50. The largest absolute Gasteiger partial charge is 0.294 e. The molecule has 1 nitrogen and oxygen atoms in total. The van der Waals surface area contributed by atoms with E-state index in [9.17, 15) is 0 Å². The molecule has 2 saturated heterocycles. The van der Waals surface area contributed by atoms with E-state index in [1.165, 1.54) is 32.1 Å². The molecule has 2 aliphatic carbocycles. The van der Waals surface area contributed by atoms with Crippen molar-refractivity contribution in [3.05, 3.63) is 6.42 Å². The minimum absolute atomic E-state index is 0.909. The lowest BCUT2D eigenvalue weighted by molar-refractivity contribution is 0.0209. The van der Waals surface area contributed by atoms with E-state index in [4.69, 9.17) is 0 Å². The molecule has 2 aliphatic heterocycles. The maximum absolute atomic E-state index is 2.75. The Kier molecular flexibility index (Phi) is 0.984. The van der Waals surface area contributed by atoms with Crippen molar-refractivity contribution in [2.45, 2.75) is 50.2 Å². The summed E-state index contributed by atoms with van der Waals surface area (Å²) in [6.07, 6.45) is 9.83. The molecule has 55 valence electrons. The van der Waals surface area contributed by atoms with Crippen LogP contribution in [0.1, 0.15) is 32.1 Å². The normalized spacial score (nSPS) is 46.8. The number of rotatable bonds is 1. The molecule has 2 bridgehead atoms. The van der Waals surface area contributed by atoms with Crippen molar-refractivity contribution in [3.63, 3.8) is 0 Å². The Morgan fingerprint density at radius 1 is 1.10 bits per heavy atom. The Labute approximate surface area is 62.4 Å². The van der Waals surface area contributed by atoms with Crippen LogP contribution in [-0.2, 0) is 0 Å². The van der Waals surface area contributed by atoms with Gasteiger partial charge in [-0.25, -0.2) is 0 Å². The van der Waals surface area contributed by atoms with Crippen molar-refractivity contribution in [3.8, 4) is 0 Å². The number of hydrogen-bond donors (Lipinski definition) is 0. The zero-order valence-electron chi connectivity index (χ0n) is 6.29. The minimum atomic E-state index is 0.909. The van der Waals surface area contributed by atoms with Crippen LogP contribution >= 0.6 is 0 Å². The molecule has 0 aromatic rings. The van der Waals surface area contributed by atoms with Crippen LogP contribution in [0.25, 0.3) is 0 Å². The molecular formula is C9H14N. The van der Waals surface area contributed by atoms with Gasteiger partial charge in [-0.1, -0.05) is 0 Å². The molecule has 10 heavy (non-hydrogen) atoms. The number of fused-ring (bicyclic) bond motifs is 1. The number of nitrogens with zero attached hydrogens (tertiary/aromatic N) is 1. The summed E-state index contributed by atoms with van der Waals surface area (Å²) in [5.74, 6) is 0. The standard InChI is InChI=1S/C9H14N/c1-2-7(3-1)10-8-4-5-9(10)6-8/h2,7-9H,1,3-6H2. The van der Waals surface area contributed by atoms with E-state index >= 15 is 0 Å². The van der Waals surface area contributed by atoms with Crippen molar-refractivity contribution < 1.29 is 0 Å². The molecule has 4 aliphatic rings. The Morgan fingerprint density at radius 2 is 1.80 bits per heavy atom. The summed E-state index contributed by atoms with van der Waals surface area (Å²) in [7, 11) is 0. The van der Waals surface area contributed by atoms with Gasteiger partial charge in [-0.2, -0.15) is 0 Å². The predicted molar refractivity (Wildman–Crippen MR) is 40.6 cm³/mol. The van der Waals surface area contributed by atoms with Gasteiger partial charge in [0, 0.05) is 18.1 Å². The molecule has 0 N–H and O–H groups in total. The molecule has 2 heterocycles. The lowest BCUT2D eigenvalue weighted by Gasteiger charge is -2.49. The Balaban J connectivity index is 1.72. The van der Waals surface area contributed by atoms with E-state index in [-0.39, 0.29) is 0 Å². The van der Waals surface area contributed by atoms with Crippen LogP contribution in [-0.4, -0.2) is 23.0 Å². The first-order valence-corrected chi connectivity index (χ1v) is 4.56. The van der Waals surface area contributed by atoms with Crippen molar-refractivity contribution in [2.24, 2.45) is 0 Å². The van der Waals surface area contributed by atoms with Gasteiger partial charge < -0.3 is 0 Å². The Hall–Kier alpha value is -0.0400. The van der Waals surface area contributed by atoms with Gasteiger partial charge in [0.15, 0.2) is 0 Å². The fourth-order valence-electron chi connectivity index (χ4n) is 2.76. The highest BCUT2D eigenvalue weighted by Gasteiger charge is 2.48. The van der Waals surface area contributed by atoms with Gasteiger partial charge in [-0.3, -0.25) is 4.90 Å². The van der Waals surface area contributed by atoms with Crippen LogP contribution < -0.4 is 0 Å². The van der Waals surface area contributed by atoms with Gasteiger partial charge in [-0.05, 0) is 38.5 Å². The molecular weight excluding hydrogens is 122 g/mol. The average molecular weight is 136 g/mol. The lowest BCUT2D eigenvalue weighted by Crippen LogP contribution is -2.56. The summed E-state index contributed by atoms with van der Waals surface area (Å²) < 4.78 is 0. The first kappa shape index (κ1) is 5.59. The molecule has 4 rings (SSSR count). The first-order valence-electron chi connectivity index (χ1n) is 4.56. The van der Waals surface area contributed by atoms with Crippen LogP contribution in [0.3, 0.4) is 0 Å². The van der Waals surface area contributed by atoms with Gasteiger partial charge in [0.05, 0.1) is 0 Å². The molecule has 0 spiro atoms. The van der Waals surface area contributed by atoms with Gasteiger partial charge in [-0.15, -0.1) is 0 Å². The molecule has 2 saturated carbocycles. The van der Waals surface area contributed by atoms with Crippen molar-refractivity contribution in [1.82, 2.24) is 4.90 Å². The van der Waals surface area contributed by atoms with Gasteiger partial charge >= 0.3 is 0 Å². The second-order valence-electron chi connectivity index (χ2n) is 3.95. The zero-order chi connectivity index (χ0) is 6.55. The summed E-state index contributed by atoms with van der Waals surface area (Å²) in [6.45, 7) is 0. The molecule has 0 amide bonds. The van der Waals surface area contributed by atoms with E-state index in [0.717, 1.165) is 18.1 Å². The van der Waals surface area contributed by atoms with Crippen molar-refractivity contribution in [1.29, 1.82) is 0 Å². The summed E-state index contributed by atoms with van der Waals surface area (Å²) in [6, 6.07) is 2.92. The Bertz CT molecular complexity index is 137. The first-order chi connectivity index (χ1) is 4.95. The van der Waals surface area contributed by atoms with Crippen molar-refractivity contribution >= 4 is 0 Å². The van der Waals surface area contributed by atoms with Gasteiger partial charge in [0.25, 0.3) is 0 Å². The van der Waals surface area contributed by atoms with E-state index in [2.05, 4.69) is 11.3 Å². The molecule has 1 radical (unpaired) electrons. The lowest BCUT2D eigenvalue weighted by atomic mass is 9.86. The van der Waals surface area contributed by atoms with Gasteiger partial charge in [0.2, 0.25) is 0 Å². The quantitative estimate of drug-likeness (QED) is 0.529. The summed E-state index contributed by atoms with van der Waals surface area (Å²) in [5.41, 5.74) is 0. The topological polar surface area (TPSA) is 3.24 Å². The highest BCUT2D eigenvalue weighted by Crippen LogP contribution is 2.45. The van der Waals surface area contributed by atoms with Crippen LogP contribution in [0.5, 0.6) is 0 Å². The maximum atomic E-state index is 2.75. The van der Waals surface area contributed by atoms with E-state index < -0.39 is 0 Å². The smallest absolute Gasteiger partial charge is 0.0133 e. The summed E-state index contributed by atoms with van der Waals surface area (Å²) >= 11 is 0. The van der Waals surface area contributed by atoms with E-state index in [1.807, 2.05) is 0 Å². The molecule has 3 unspecified atom stereocenters. The molecule has 3 atom stereocenters. The summed E-state index contributed by atoms with van der Waals surface area (Å²) in [4.78, 5) is 2.75. The van der Waals surface area contributed by atoms with E-state index in [1.54, 1.807) is 0 Å². The monoisotopic (exact) mass is 136 g/mol. The van der Waals surface area contributed by atoms with E-state index in [0.29, 0.717) is 0 Å². The SMILES string of the molecule is [CH]1CCC1N1C2CCC1C2. The average Bonchev–Trinajstić information content (AvgIpc) is 2.33. The third kappa shape index (κ3) is 0.531. The van der Waals surface area contributed by atoms with Crippen LogP contribution in [0.4, 0.5) is 0 Å². The van der Waals surface area contributed by atoms with Crippen LogP contribution in [0.15, 0.2) is 0 Å². The molecule has 1 heteroatoms. The minimum Gasteiger partial charge on any atom is -0.294 e. The van der Waals surface area contributed by atoms with Gasteiger partial charge in [0.1, 0.15) is 0 Å². The fourth-order valence-corrected chi connectivity index (χ4v) is 2.76. The Morgan fingerprint density at radius 3 is 2.20 bits per heavy atom. The maximum Gasteiger partial charge on any atom is 0.0133 e. The van der Waals surface area contributed by atoms with Crippen molar-refractivity contribution in [2.75, 3.05) is 0 Å². The highest BCUT2D eigenvalue weighted by molar-refractivity contribution is 5.09. The molecule has 0 aromatic carbocycles. The van der Waals surface area contributed by atoms with Crippen LogP contribution in [0.2, 0.25) is 0 Å².